The van der Waals surface area contributed by atoms with Crippen LogP contribution in [0.15, 0.2) is 134 Å². The van der Waals surface area contributed by atoms with E-state index >= 15 is 0 Å². The molecule has 0 saturated carbocycles. The first kappa shape index (κ1) is 21.9. The van der Waals surface area contributed by atoms with Crippen LogP contribution in [-0.4, -0.2) is 9.38 Å². The van der Waals surface area contributed by atoms with Gasteiger partial charge in [-0.1, -0.05) is 91.0 Å². The van der Waals surface area contributed by atoms with E-state index in [0.29, 0.717) is 0 Å². The van der Waals surface area contributed by atoms with Crippen molar-refractivity contribution in [2.24, 2.45) is 0 Å². The van der Waals surface area contributed by atoms with Gasteiger partial charge in [-0.2, -0.15) is 0 Å². The Hall–Kier alpha value is -4.99. The van der Waals surface area contributed by atoms with Gasteiger partial charge in [0.15, 0.2) is 0 Å². The van der Waals surface area contributed by atoms with Crippen LogP contribution in [0.2, 0.25) is 0 Å². The number of aromatic nitrogens is 2. The van der Waals surface area contributed by atoms with Crippen molar-refractivity contribution in [2.75, 3.05) is 0 Å². The van der Waals surface area contributed by atoms with Gasteiger partial charge in [-0.25, -0.2) is 4.98 Å². The molecule has 0 aliphatic rings. The molecule has 0 radical (unpaired) electrons. The lowest BCUT2D eigenvalue weighted by Gasteiger charge is -2.11. The molecule has 0 amide bonds. The zero-order valence-corrected chi connectivity index (χ0v) is 22.3. The van der Waals surface area contributed by atoms with Crippen LogP contribution in [-0.2, 0) is 0 Å². The van der Waals surface area contributed by atoms with Crippen LogP contribution >= 0.6 is 11.3 Å². The molecular formula is C37H22N2S. The van der Waals surface area contributed by atoms with Crippen LogP contribution in [0.4, 0.5) is 0 Å². The highest BCUT2D eigenvalue weighted by molar-refractivity contribution is 7.26. The summed E-state index contributed by atoms with van der Waals surface area (Å²) in [5.74, 6) is 0. The van der Waals surface area contributed by atoms with E-state index in [1.165, 1.54) is 74.9 Å². The largest absolute Gasteiger partial charge is 0.299 e. The molecule has 3 heterocycles. The second-order valence-corrected chi connectivity index (χ2v) is 11.5. The Kier molecular flexibility index (Phi) is 4.52. The van der Waals surface area contributed by atoms with E-state index in [4.69, 9.17) is 0 Å². The normalized spacial score (nSPS) is 12.0. The van der Waals surface area contributed by atoms with Crippen molar-refractivity contribution in [3.63, 3.8) is 0 Å². The number of hydrogen-bond acceptors (Lipinski definition) is 2. The molecule has 186 valence electrons. The number of hydrogen-bond donors (Lipinski definition) is 0. The van der Waals surface area contributed by atoms with Crippen molar-refractivity contribution in [1.29, 1.82) is 0 Å². The Morgan fingerprint density at radius 1 is 0.525 bits per heavy atom. The van der Waals surface area contributed by atoms with E-state index < -0.39 is 0 Å². The number of rotatable bonds is 2. The predicted octanol–water partition coefficient (Wildman–Crippen LogP) is 10.5. The van der Waals surface area contributed by atoms with Crippen molar-refractivity contribution in [3.8, 4) is 22.3 Å². The molecule has 3 aromatic heterocycles. The zero-order chi connectivity index (χ0) is 26.2. The average molecular weight is 527 g/mol. The number of nitrogens with zero attached hydrogens (tertiary/aromatic N) is 2. The van der Waals surface area contributed by atoms with Gasteiger partial charge in [-0.3, -0.25) is 4.40 Å². The smallest absolute Gasteiger partial charge is 0.145 e. The van der Waals surface area contributed by atoms with Crippen LogP contribution in [0.3, 0.4) is 0 Å². The van der Waals surface area contributed by atoms with Gasteiger partial charge in [0.25, 0.3) is 0 Å². The summed E-state index contributed by atoms with van der Waals surface area (Å²) in [5, 5.41) is 8.84. The molecule has 0 fully saturated rings. The minimum atomic E-state index is 1.00. The number of fused-ring (bicyclic) bond motifs is 10. The number of pyridine rings is 1. The third kappa shape index (κ3) is 3.13. The summed E-state index contributed by atoms with van der Waals surface area (Å²) in [6.45, 7) is 0. The summed E-state index contributed by atoms with van der Waals surface area (Å²) in [5.41, 5.74) is 7.19. The molecule has 0 unspecified atom stereocenters. The second-order valence-electron chi connectivity index (χ2n) is 10.5. The second kappa shape index (κ2) is 8.25. The predicted molar refractivity (Wildman–Crippen MR) is 171 cm³/mol. The minimum absolute atomic E-state index is 1.00. The Morgan fingerprint density at radius 2 is 1.23 bits per heavy atom. The number of thiophene rings is 1. The maximum atomic E-state index is 4.63. The van der Waals surface area contributed by atoms with Gasteiger partial charge >= 0.3 is 0 Å². The maximum absolute atomic E-state index is 4.63. The molecule has 0 saturated heterocycles. The molecule has 6 aromatic carbocycles. The highest BCUT2D eigenvalue weighted by Gasteiger charge is 2.12. The summed E-state index contributed by atoms with van der Waals surface area (Å²) >= 11 is 1.89. The number of imidazole rings is 1. The molecule has 0 N–H and O–H groups in total. The molecular weight excluding hydrogens is 504 g/mol. The Balaban J connectivity index is 1.18. The van der Waals surface area contributed by atoms with Crippen molar-refractivity contribution in [2.45, 2.75) is 0 Å². The maximum Gasteiger partial charge on any atom is 0.145 e. The van der Waals surface area contributed by atoms with Gasteiger partial charge < -0.3 is 0 Å². The monoisotopic (exact) mass is 526 g/mol. The highest BCUT2D eigenvalue weighted by Crippen LogP contribution is 2.41. The van der Waals surface area contributed by atoms with Crippen LogP contribution in [0.5, 0.6) is 0 Å². The minimum Gasteiger partial charge on any atom is -0.299 e. The summed E-state index contributed by atoms with van der Waals surface area (Å²) < 4.78 is 4.89. The summed E-state index contributed by atoms with van der Waals surface area (Å²) in [7, 11) is 0. The quantitative estimate of drug-likeness (QED) is 0.205. The molecule has 0 bridgehead atoms. The lowest BCUT2D eigenvalue weighted by atomic mass is 9.96. The van der Waals surface area contributed by atoms with Crippen LogP contribution in [0.25, 0.3) is 80.5 Å². The van der Waals surface area contributed by atoms with Crippen molar-refractivity contribution < 1.29 is 0 Å². The van der Waals surface area contributed by atoms with Gasteiger partial charge in [-0.15, -0.1) is 11.3 Å². The fourth-order valence-electron chi connectivity index (χ4n) is 6.32. The Labute approximate surface area is 234 Å². The van der Waals surface area contributed by atoms with Crippen LogP contribution in [0, 0.1) is 0 Å². The number of benzene rings is 6. The van der Waals surface area contributed by atoms with Crippen molar-refractivity contribution >= 4 is 69.6 Å². The van der Waals surface area contributed by atoms with Gasteiger partial charge in [0.05, 0.1) is 5.52 Å². The standard InChI is InChI=1S/C37H22N2S/c1-2-8-32-29(6-1)33-22-26(16-17-34(33)39-19-18-38-37(32)39)24-12-13-25-21-27(15-14-23(25)20-24)28-9-5-10-31-30-7-3-4-11-35(30)40-36(28)31/h1-22H. The third-order valence-electron chi connectivity index (χ3n) is 8.24. The SMILES string of the molecule is c1ccc2c(c1)sc1c(-c3ccc4cc(-c5ccc6c(c5)c5ccccc5c5nccn65)ccc4c3)cccc12. The van der Waals surface area contributed by atoms with E-state index in [9.17, 15) is 0 Å². The molecule has 3 heteroatoms. The van der Waals surface area contributed by atoms with E-state index in [1.807, 2.05) is 17.5 Å². The van der Waals surface area contributed by atoms with Crippen molar-refractivity contribution in [1.82, 2.24) is 9.38 Å². The van der Waals surface area contributed by atoms with Crippen LogP contribution in [0.1, 0.15) is 0 Å². The van der Waals surface area contributed by atoms with E-state index in [2.05, 4.69) is 137 Å². The van der Waals surface area contributed by atoms with E-state index in [0.717, 1.165) is 5.65 Å². The van der Waals surface area contributed by atoms with Gasteiger partial charge in [0.1, 0.15) is 5.65 Å². The Morgan fingerprint density at radius 3 is 2.12 bits per heavy atom. The molecule has 9 aromatic rings. The highest BCUT2D eigenvalue weighted by atomic mass is 32.1. The van der Waals surface area contributed by atoms with Gasteiger partial charge in [0, 0.05) is 43.3 Å². The first-order valence-electron chi connectivity index (χ1n) is 13.5. The van der Waals surface area contributed by atoms with Gasteiger partial charge in [-0.05, 0) is 68.7 Å². The lowest BCUT2D eigenvalue weighted by molar-refractivity contribution is 1.27. The topological polar surface area (TPSA) is 17.3 Å². The fourth-order valence-corrected chi connectivity index (χ4v) is 7.56. The fraction of sp³-hybridized carbons (Fsp3) is 0. The van der Waals surface area contributed by atoms with Crippen molar-refractivity contribution in [3.05, 3.63) is 134 Å². The first-order chi connectivity index (χ1) is 19.8. The van der Waals surface area contributed by atoms with Crippen LogP contribution < -0.4 is 0 Å². The first-order valence-corrected chi connectivity index (χ1v) is 14.4. The molecule has 2 nitrogen and oxygen atoms in total. The average Bonchev–Trinajstić information content (AvgIpc) is 3.66. The lowest BCUT2D eigenvalue weighted by Crippen LogP contribution is -1.91. The summed E-state index contributed by atoms with van der Waals surface area (Å²) in [6.07, 6.45) is 3.94. The molecule has 0 aliphatic carbocycles. The zero-order valence-electron chi connectivity index (χ0n) is 21.5. The Bertz CT molecular complexity index is 2440. The summed E-state index contributed by atoms with van der Waals surface area (Å²) in [4.78, 5) is 4.63. The van der Waals surface area contributed by atoms with E-state index in [1.54, 1.807) is 0 Å². The molecule has 0 spiro atoms. The molecule has 9 rings (SSSR count). The van der Waals surface area contributed by atoms with E-state index in [-0.39, 0.29) is 0 Å². The molecule has 0 aliphatic heterocycles. The van der Waals surface area contributed by atoms with Gasteiger partial charge in [0.2, 0.25) is 0 Å². The molecule has 0 atom stereocenters. The third-order valence-corrected chi connectivity index (χ3v) is 9.46. The summed E-state index contributed by atoms with van der Waals surface area (Å²) in [6, 6.07) is 44.5. The molecule has 40 heavy (non-hydrogen) atoms.